The molecule has 0 fully saturated rings. The number of hydrogen-bond acceptors (Lipinski definition) is 1. The van der Waals surface area contributed by atoms with Crippen LogP contribution in [0.2, 0.25) is 0 Å². The molecule has 3 heteroatoms. The molecular weight excluding hydrogens is 140 g/mol. The summed E-state index contributed by atoms with van der Waals surface area (Å²) in [6.07, 6.45) is 0. The largest absolute Gasteiger partial charge is 0.236 e. The molecule has 1 heterocycles. The van der Waals surface area contributed by atoms with Gasteiger partial charge in [0.15, 0.2) is 0 Å². The quantitative estimate of drug-likeness (QED) is 0.402. The van der Waals surface area contributed by atoms with E-state index < -0.39 is 5.95 Å². The van der Waals surface area contributed by atoms with E-state index >= 15 is 0 Å². The highest BCUT2D eigenvalue weighted by Gasteiger charge is 1.94. The van der Waals surface area contributed by atoms with Gasteiger partial charge in [-0.05, 0) is 12.5 Å². The Kier molecular flexibility index (Phi) is 4.50. The van der Waals surface area contributed by atoms with Crippen molar-refractivity contribution in [1.82, 2.24) is 4.98 Å². The first kappa shape index (κ1) is 10.1. The molecule has 0 aromatic carbocycles. The third-order valence-electron chi connectivity index (χ3n) is 1.06. The van der Waals surface area contributed by atoms with Crippen LogP contribution in [0.25, 0.3) is 0 Å². The Hall–Kier alpha value is -0.855. The molecule has 0 atom stereocenters. The van der Waals surface area contributed by atoms with E-state index in [1.807, 2.05) is 13.8 Å². The molecule has 0 saturated heterocycles. The van der Waals surface area contributed by atoms with Crippen LogP contribution in [0.4, 0.5) is 4.39 Å². The Bertz CT molecular complexity index is 225. The van der Waals surface area contributed by atoms with Crippen molar-refractivity contribution in [2.45, 2.75) is 20.8 Å². The second-order valence-electron chi connectivity index (χ2n) is 1.84. The summed E-state index contributed by atoms with van der Waals surface area (Å²) in [5.74, 6) is -0.491. The summed E-state index contributed by atoms with van der Waals surface area (Å²) >= 11 is 0. The number of halogens is 1. The van der Waals surface area contributed by atoms with Gasteiger partial charge in [-0.2, -0.15) is 4.39 Å². The summed E-state index contributed by atoms with van der Waals surface area (Å²) in [6.45, 7) is 5.64. The van der Waals surface area contributed by atoms with Gasteiger partial charge in [-0.15, -0.1) is 0 Å². The standard InChI is InChI=1S/C6H5BFN.C2H6/c1-4-2-3-5(7)9-6(4)8;1-2/h2-3H,1H3;1-2H3. The van der Waals surface area contributed by atoms with Crippen LogP contribution in [0, 0.1) is 12.9 Å². The summed E-state index contributed by atoms with van der Waals surface area (Å²) in [5, 5.41) is 0. The lowest BCUT2D eigenvalue weighted by Gasteiger charge is -1.94. The number of aryl methyl sites for hydroxylation is 1. The van der Waals surface area contributed by atoms with Gasteiger partial charge in [-0.1, -0.05) is 26.0 Å². The number of hydrogen-bond donors (Lipinski definition) is 0. The van der Waals surface area contributed by atoms with Crippen LogP contribution in [0.1, 0.15) is 19.4 Å². The number of pyridine rings is 1. The zero-order valence-electron chi connectivity index (χ0n) is 7.06. The monoisotopic (exact) mass is 151 g/mol. The Morgan fingerprint density at radius 1 is 1.36 bits per heavy atom. The Balaban J connectivity index is 0.000000461. The summed E-state index contributed by atoms with van der Waals surface area (Å²) in [5.41, 5.74) is 0.738. The summed E-state index contributed by atoms with van der Waals surface area (Å²) in [6, 6.07) is 3.16. The summed E-state index contributed by atoms with van der Waals surface area (Å²) in [7, 11) is 5.18. The maximum absolute atomic E-state index is 12.4. The Morgan fingerprint density at radius 2 is 1.91 bits per heavy atom. The molecule has 0 saturated carbocycles. The lowest BCUT2D eigenvalue weighted by atomic mass is 10.0. The number of nitrogens with zero attached hydrogens (tertiary/aromatic N) is 1. The first-order valence-electron chi connectivity index (χ1n) is 3.59. The first-order valence-corrected chi connectivity index (χ1v) is 3.59. The van der Waals surface area contributed by atoms with Gasteiger partial charge in [-0.25, -0.2) is 4.98 Å². The predicted octanol–water partition coefficient (Wildman–Crippen LogP) is 1.35. The maximum Gasteiger partial charge on any atom is 0.215 e. The van der Waals surface area contributed by atoms with Crippen LogP contribution in [-0.4, -0.2) is 12.8 Å². The highest BCUT2D eigenvalue weighted by atomic mass is 19.1. The van der Waals surface area contributed by atoms with Gasteiger partial charge < -0.3 is 0 Å². The molecule has 0 bridgehead atoms. The van der Waals surface area contributed by atoms with Crippen molar-refractivity contribution < 1.29 is 4.39 Å². The van der Waals surface area contributed by atoms with Gasteiger partial charge in [-0.3, -0.25) is 0 Å². The molecule has 0 aliphatic heterocycles. The number of aromatic nitrogens is 1. The van der Waals surface area contributed by atoms with Crippen LogP contribution in [0.3, 0.4) is 0 Å². The molecule has 1 aromatic rings. The van der Waals surface area contributed by atoms with Gasteiger partial charge in [0, 0.05) is 5.56 Å². The van der Waals surface area contributed by atoms with Crippen molar-refractivity contribution in [3.05, 3.63) is 23.6 Å². The van der Waals surface area contributed by atoms with E-state index in [2.05, 4.69) is 4.98 Å². The fourth-order valence-corrected chi connectivity index (χ4v) is 0.518. The second kappa shape index (κ2) is 4.88. The van der Waals surface area contributed by atoms with Gasteiger partial charge >= 0.3 is 0 Å². The van der Waals surface area contributed by atoms with Crippen molar-refractivity contribution in [2.75, 3.05) is 0 Å². The highest BCUT2D eigenvalue weighted by Crippen LogP contribution is 1.96. The molecule has 58 valence electrons. The van der Waals surface area contributed by atoms with Crippen LogP contribution in [-0.2, 0) is 0 Å². The van der Waals surface area contributed by atoms with Crippen molar-refractivity contribution in [2.24, 2.45) is 0 Å². The highest BCUT2D eigenvalue weighted by molar-refractivity contribution is 6.30. The van der Waals surface area contributed by atoms with Gasteiger partial charge in [0.25, 0.3) is 0 Å². The second-order valence-corrected chi connectivity index (χ2v) is 1.84. The minimum absolute atomic E-state index is 0.220. The first-order chi connectivity index (χ1) is 5.20. The van der Waals surface area contributed by atoms with Crippen LogP contribution in [0.15, 0.2) is 12.1 Å². The predicted molar refractivity (Wildman–Crippen MR) is 45.7 cm³/mol. The normalized spacial score (nSPS) is 8.36. The SMILES string of the molecule is CC.[B]c1ccc(C)c(F)n1. The fraction of sp³-hybridized carbons (Fsp3) is 0.375. The third kappa shape index (κ3) is 3.17. The Labute approximate surface area is 68.1 Å². The molecule has 1 rings (SSSR count). The van der Waals surface area contributed by atoms with Crippen molar-refractivity contribution in [3.63, 3.8) is 0 Å². The molecule has 0 spiro atoms. The van der Waals surface area contributed by atoms with Crippen LogP contribution >= 0.6 is 0 Å². The molecule has 11 heavy (non-hydrogen) atoms. The summed E-state index contributed by atoms with van der Waals surface area (Å²) in [4.78, 5) is 3.38. The molecule has 0 unspecified atom stereocenters. The molecule has 1 nitrogen and oxygen atoms in total. The fourth-order valence-electron chi connectivity index (χ4n) is 0.518. The molecule has 2 radical (unpaired) electrons. The molecule has 1 aromatic heterocycles. The zero-order valence-corrected chi connectivity index (χ0v) is 7.06. The molecule has 0 aliphatic carbocycles. The molecule has 0 N–H and O–H groups in total. The van der Waals surface area contributed by atoms with Gasteiger partial charge in [0.05, 0.1) is 0 Å². The van der Waals surface area contributed by atoms with E-state index in [4.69, 9.17) is 7.85 Å². The Morgan fingerprint density at radius 3 is 2.27 bits per heavy atom. The van der Waals surface area contributed by atoms with Gasteiger partial charge in [0.2, 0.25) is 5.95 Å². The third-order valence-corrected chi connectivity index (χ3v) is 1.06. The van der Waals surface area contributed by atoms with Crippen molar-refractivity contribution >= 4 is 13.4 Å². The lowest BCUT2D eigenvalue weighted by Crippen LogP contribution is -2.09. The van der Waals surface area contributed by atoms with Crippen LogP contribution in [0.5, 0.6) is 0 Å². The molecule has 0 amide bonds. The van der Waals surface area contributed by atoms with E-state index in [1.54, 1.807) is 19.1 Å². The summed E-state index contributed by atoms with van der Waals surface area (Å²) < 4.78 is 12.4. The minimum Gasteiger partial charge on any atom is -0.236 e. The van der Waals surface area contributed by atoms with Gasteiger partial charge in [0.1, 0.15) is 7.85 Å². The van der Waals surface area contributed by atoms with Crippen molar-refractivity contribution in [3.8, 4) is 0 Å². The maximum atomic E-state index is 12.4. The van der Waals surface area contributed by atoms with E-state index in [0.29, 0.717) is 5.56 Å². The van der Waals surface area contributed by atoms with E-state index in [9.17, 15) is 4.39 Å². The average Bonchev–Trinajstić information content (AvgIpc) is 2.02. The minimum atomic E-state index is -0.491. The van der Waals surface area contributed by atoms with Crippen molar-refractivity contribution in [1.29, 1.82) is 0 Å². The van der Waals surface area contributed by atoms with E-state index in [0.717, 1.165) is 0 Å². The zero-order chi connectivity index (χ0) is 8.85. The molecular formula is C8H11BFN. The van der Waals surface area contributed by atoms with E-state index in [1.165, 1.54) is 0 Å². The topological polar surface area (TPSA) is 12.9 Å². The van der Waals surface area contributed by atoms with Crippen LogP contribution < -0.4 is 5.59 Å². The molecule has 0 aliphatic rings. The smallest absolute Gasteiger partial charge is 0.215 e. The lowest BCUT2D eigenvalue weighted by molar-refractivity contribution is 0.578. The number of rotatable bonds is 0. The average molecular weight is 151 g/mol. The van der Waals surface area contributed by atoms with E-state index in [-0.39, 0.29) is 5.59 Å².